The zero-order chi connectivity index (χ0) is 35.0. The van der Waals surface area contributed by atoms with E-state index < -0.39 is 57.1 Å². The smallest absolute Gasteiger partial charge is 0.460 e. The van der Waals surface area contributed by atoms with Crippen LogP contribution in [0, 0.1) is 5.92 Å². The molecular formula is C20H21F17O5S2. The zero-order valence-electron chi connectivity index (χ0n) is 21.4. The van der Waals surface area contributed by atoms with Gasteiger partial charge in [0.25, 0.3) is 0 Å². The van der Waals surface area contributed by atoms with Crippen molar-refractivity contribution in [2.75, 3.05) is 30.5 Å². The van der Waals surface area contributed by atoms with Crippen LogP contribution in [0.1, 0.15) is 32.1 Å². The number of Topliss-reactive ketones (excluding diaryl/α,β-unsaturated/α-hetero) is 1. The van der Waals surface area contributed by atoms with Crippen molar-refractivity contribution in [3.05, 3.63) is 0 Å². The molecule has 0 bridgehead atoms. The molecule has 0 spiro atoms. The van der Waals surface area contributed by atoms with Crippen LogP contribution in [0.25, 0.3) is 0 Å². The number of rotatable bonds is 10. The van der Waals surface area contributed by atoms with Crippen LogP contribution in [0.2, 0.25) is 0 Å². The first-order chi connectivity index (χ1) is 19.4. The average Bonchev–Trinajstić information content (AvgIpc) is 2.88. The Balaban J connectivity index is 0.000000532. The maximum Gasteiger partial charge on any atom is 0.460 e. The van der Waals surface area contributed by atoms with Crippen molar-refractivity contribution in [1.29, 1.82) is 0 Å². The third kappa shape index (κ3) is 7.15. The Kier molecular flexibility index (Phi) is 12.1. The first-order valence-corrected chi connectivity index (χ1v) is 14.9. The molecule has 1 heterocycles. The predicted molar refractivity (Wildman–Crippen MR) is 115 cm³/mol. The van der Waals surface area contributed by atoms with E-state index in [1.165, 1.54) is 19.3 Å². The van der Waals surface area contributed by atoms with Crippen molar-refractivity contribution in [3.63, 3.8) is 0 Å². The van der Waals surface area contributed by atoms with Gasteiger partial charge in [-0.3, -0.25) is 4.79 Å². The van der Waals surface area contributed by atoms with Gasteiger partial charge in [0.2, 0.25) is 0 Å². The maximum absolute atomic E-state index is 13.0. The van der Waals surface area contributed by atoms with Gasteiger partial charge in [0.05, 0.1) is 13.2 Å². The molecule has 0 unspecified atom stereocenters. The van der Waals surface area contributed by atoms with E-state index in [9.17, 15) is 92.4 Å². The number of ether oxygens (including phenoxy) is 1. The molecule has 2 aliphatic rings. The van der Waals surface area contributed by atoms with Crippen molar-refractivity contribution in [1.82, 2.24) is 0 Å². The van der Waals surface area contributed by atoms with Gasteiger partial charge in [-0.25, -0.2) is 8.42 Å². The van der Waals surface area contributed by atoms with Gasteiger partial charge in [-0.15, -0.1) is 0 Å². The number of hydrogen-bond acceptors (Lipinski definition) is 5. The second kappa shape index (κ2) is 13.1. The molecule has 2 rings (SSSR count). The van der Waals surface area contributed by atoms with Gasteiger partial charge in [0, 0.05) is 5.92 Å². The lowest BCUT2D eigenvalue weighted by Crippen LogP contribution is -2.75. The van der Waals surface area contributed by atoms with Gasteiger partial charge in [-0.1, -0.05) is 19.3 Å². The summed E-state index contributed by atoms with van der Waals surface area (Å²) in [6.07, 6.45) is -1.70. The standard InChI is InChI=1S/C12H21O2S.C8HF17O3S/c13-12(11-4-2-1-3-5-11)10-15-8-6-14-7-9-15;9-1(10,3(13,14)5(17,18)7(21,22)23)2(11,12)4(15,16)6(19,20)8(24,25)29(26,27)28/h11H,1-10H2;(H,26,27,28)/q+1;/p-1. The van der Waals surface area contributed by atoms with E-state index in [0.29, 0.717) is 22.6 Å². The number of ketones is 1. The minimum Gasteiger partial charge on any atom is -0.743 e. The fraction of sp³-hybridized carbons (Fsp3) is 0.950. The van der Waals surface area contributed by atoms with Gasteiger partial charge in [-0.2, -0.15) is 74.6 Å². The number of halogens is 17. The molecule has 2 fully saturated rings. The molecule has 1 saturated carbocycles. The molecule has 0 atom stereocenters. The first kappa shape index (κ1) is 40.7. The van der Waals surface area contributed by atoms with Crippen LogP contribution < -0.4 is 0 Å². The molecule has 0 radical (unpaired) electrons. The minimum absolute atomic E-state index is 0.349. The Morgan fingerprint density at radius 3 is 1.36 bits per heavy atom. The lowest BCUT2D eigenvalue weighted by molar-refractivity contribution is -0.458. The summed E-state index contributed by atoms with van der Waals surface area (Å²) in [6.45, 7) is 1.75. The molecule has 44 heavy (non-hydrogen) atoms. The summed E-state index contributed by atoms with van der Waals surface area (Å²) >= 11 is 0. The van der Waals surface area contributed by atoms with E-state index >= 15 is 0 Å². The van der Waals surface area contributed by atoms with Crippen LogP contribution in [0.5, 0.6) is 0 Å². The summed E-state index contributed by atoms with van der Waals surface area (Å²) in [6, 6.07) is 0. The van der Waals surface area contributed by atoms with Gasteiger partial charge in [-0.05, 0) is 23.7 Å². The topological polar surface area (TPSA) is 83.5 Å². The molecule has 0 aromatic rings. The molecule has 1 saturated heterocycles. The van der Waals surface area contributed by atoms with Gasteiger partial charge >= 0.3 is 47.0 Å². The SMILES string of the molecule is O=C(C[S+]1CCOCC1)C1CCCCC1.O=S(=O)([O-])C(F)(F)C(F)(F)C(F)(F)C(F)(F)C(F)(F)C(F)(F)C(F)(F)C(F)(F)F. The van der Waals surface area contributed by atoms with Gasteiger partial charge in [0.15, 0.2) is 21.7 Å². The lowest BCUT2D eigenvalue weighted by atomic mass is 9.87. The fourth-order valence-corrected chi connectivity index (χ4v) is 6.03. The third-order valence-electron chi connectivity index (χ3n) is 6.45. The predicted octanol–water partition coefficient (Wildman–Crippen LogP) is 6.28. The Labute approximate surface area is 239 Å². The summed E-state index contributed by atoms with van der Waals surface area (Å²) < 4.78 is 249. The van der Waals surface area contributed by atoms with Crippen LogP contribution >= 0.6 is 0 Å². The number of carbonyl (C=O) groups excluding carboxylic acids is 1. The number of alkyl halides is 17. The van der Waals surface area contributed by atoms with Crippen LogP contribution in [-0.4, -0.2) is 96.2 Å². The van der Waals surface area contributed by atoms with Crippen molar-refractivity contribution < 1.29 is 97.1 Å². The summed E-state index contributed by atoms with van der Waals surface area (Å²) in [7, 11) is -7.79. The molecule has 1 aliphatic carbocycles. The normalized spacial score (nSPS) is 19.8. The number of hydrogen-bond donors (Lipinski definition) is 0. The summed E-state index contributed by atoms with van der Waals surface area (Å²) in [5.74, 6) is -48.1. The van der Waals surface area contributed by atoms with Crippen LogP contribution in [0.15, 0.2) is 0 Å². The quantitative estimate of drug-likeness (QED) is 0.150. The minimum atomic E-state index is -8.92. The Hall–Kier alpha value is -1.30. The zero-order valence-corrected chi connectivity index (χ0v) is 23.1. The van der Waals surface area contributed by atoms with Gasteiger partial charge < -0.3 is 9.29 Å². The molecule has 0 aromatic carbocycles. The van der Waals surface area contributed by atoms with E-state index in [2.05, 4.69) is 0 Å². The largest absolute Gasteiger partial charge is 0.743 e. The highest BCUT2D eigenvalue weighted by Crippen LogP contribution is 2.64. The molecule has 24 heteroatoms. The first-order valence-electron chi connectivity index (χ1n) is 11.8. The molecule has 0 aromatic heterocycles. The van der Waals surface area contributed by atoms with Gasteiger partial charge in [0.1, 0.15) is 11.5 Å². The van der Waals surface area contributed by atoms with E-state index in [4.69, 9.17) is 4.74 Å². The van der Waals surface area contributed by atoms with Crippen LogP contribution in [-0.2, 0) is 30.5 Å². The highest BCUT2D eigenvalue weighted by molar-refractivity contribution is 7.97. The van der Waals surface area contributed by atoms with Crippen LogP contribution in [0.3, 0.4) is 0 Å². The fourth-order valence-electron chi connectivity index (χ4n) is 3.75. The Morgan fingerprint density at radius 2 is 1.00 bits per heavy atom. The number of carbonyl (C=O) groups is 1. The molecule has 262 valence electrons. The van der Waals surface area contributed by atoms with Crippen molar-refractivity contribution in [2.45, 2.75) is 79.1 Å². The van der Waals surface area contributed by atoms with E-state index in [0.717, 1.165) is 43.3 Å². The molecule has 5 nitrogen and oxygen atoms in total. The highest BCUT2D eigenvalue weighted by Gasteiger charge is 2.95. The van der Waals surface area contributed by atoms with Crippen molar-refractivity contribution in [2.24, 2.45) is 5.92 Å². The molecular weight excluding hydrogens is 707 g/mol. The second-order valence-corrected chi connectivity index (χ2v) is 13.2. The third-order valence-corrected chi connectivity index (χ3v) is 9.51. The maximum atomic E-state index is 13.0. The molecule has 0 amide bonds. The van der Waals surface area contributed by atoms with E-state index in [-0.39, 0.29) is 0 Å². The van der Waals surface area contributed by atoms with E-state index in [1.54, 1.807) is 0 Å². The second-order valence-electron chi connectivity index (χ2n) is 9.49. The highest BCUT2D eigenvalue weighted by atomic mass is 32.2. The summed E-state index contributed by atoms with van der Waals surface area (Å²) in [5, 5.41) is -7.95. The average molecular weight is 728 g/mol. The van der Waals surface area contributed by atoms with Crippen LogP contribution in [0.4, 0.5) is 74.6 Å². The summed E-state index contributed by atoms with van der Waals surface area (Å²) in [4.78, 5) is 12.0. The monoisotopic (exact) mass is 728 g/mol. The van der Waals surface area contributed by atoms with Crippen molar-refractivity contribution >= 4 is 26.8 Å². The Bertz CT molecular complexity index is 1100. The Morgan fingerprint density at radius 1 is 0.636 bits per heavy atom. The molecule has 0 N–H and O–H groups in total. The summed E-state index contributed by atoms with van der Waals surface area (Å²) in [5.41, 5.74) is 0. The van der Waals surface area contributed by atoms with E-state index in [1.807, 2.05) is 0 Å². The molecule has 1 aliphatic heterocycles. The van der Waals surface area contributed by atoms with Crippen molar-refractivity contribution in [3.8, 4) is 0 Å². The lowest BCUT2D eigenvalue weighted by Gasteiger charge is -2.42.